The lowest BCUT2D eigenvalue weighted by Crippen LogP contribution is -2.01. The van der Waals surface area contributed by atoms with Crippen LogP contribution in [0, 0.1) is 0 Å². The van der Waals surface area contributed by atoms with Crippen molar-refractivity contribution in [1.82, 2.24) is 19.5 Å². The van der Waals surface area contributed by atoms with E-state index in [1.807, 2.05) is 36.4 Å². The first kappa shape index (κ1) is 33.2. The average molecular weight is 751 g/mol. The molecule has 0 spiro atoms. The molecule has 0 N–H and O–H groups in total. The lowest BCUT2D eigenvalue weighted by molar-refractivity contribution is 1.08. The summed E-state index contributed by atoms with van der Waals surface area (Å²) in [5.74, 6) is 1.94. The Bertz CT molecular complexity index is 3520. The molecule has 0 atom stereocenters. The monoisotopic (exact) mass is 750 g/mol. The van der Waals surface area contributed by atoms with E-state index in [0.717, 1.165) is 38.5 Å². The molecule has 0 aliphatic carbocycles. The smallest absolute Gasteiger partial charge is 0.164 e. The second kappa shape index (κ2) is 13.3. The summed E-state index contributed by atoms with van der Waals surface area (Å²) in [5, 5.41) is 11.9. The van der Waals surface area contributed by atoms with Crippen LogP contribution in [0.1, 0.15) is 0 Å². The molecular formula is C55H34N4. The summed E-state index contributed by atoms with van der Waals surface area (Å²) < 4.78 is 2.49. The molecule has 12 rings (SSSR count). The molecule has 12 aromatic rings. The number of rotatable bonds is 5. The van der Waals surface area contributed by atoms with Crippen molar-refractivity contribution >= 4 is 64.9 Å². The maximum Gasteiger partial charge on any atom is 0.164 e. The maximum atomic E-state index is 5.24. The van der Waals surface area contributed by atoms with Crippen LogP contribution in [0.3, 0.4) is 0 Å². The summed E-state index contributed by atoms with van der Waals surface area (Å²) in [4.78, 5) is 15.5. The van der Waals surface area contributed by atoms with Gasteiger partial charge in [-0.25, -0.2) is 15.0 Å². The first-order valence-electron chi connectivity index (χ1n) is 20.0. The zero-order valence-corrected chi connectivity index (χ0v) is 31.9. The molecule has 0 saturated carbocycles. The quantitative estimate of drug-likeness (QED) is 0.165. The van der Waals surface area contributed by atoms with E-state index >= 15 is 0 Å². The largest absolute Gasteiger partial charge is 0.309 e. The fraction of sp³-hybridized carbons (Fsp3) is 0. The van der Waals surface area contributed by atoms with Gasteiger partial charge in [-0.05, 0) is 67.7 Å². The minimum absolute atomic E-state index is 0.645. The Balaban J connectivity index is 1.23. The fourth-order valence-corrected chi connectivity index (χ4v) is 9.16. The van der Waals surface area contributed by atoms with Gasteiger partial charge in [0.05, 0.1) is 11.0 Å². The second-order valence-corrected chi connectivity index (χ2v) is 15.1. The third kappa shape index (κ3) is 5.27. The van der Waals surface area contributed by atoms with Gasteiger partial charge in [0.15, 0.2) is 17.5 Å². The highest BCUT2D eigenvalue weighted by Crippen LogP contribution is 2.48. The fourth-order valence-electron chi connectivity index (χ4n) is 9.16. The third-order valence-corrected chi connectivity index (χ3v) is 11.8. The zero-order chi connectivity index (χ0) is 38.9. The Morgan fingerprint density at radius 3 is 1.47 bits per heavy atom. The third-order valence-electron chi connectivity index (χ3n) is 11.8. The number of benzene rings is 10. The molecule has 0 saturated heterocycles. The Morgan fingerprint density at radius 2 is 0.814 bits per heavy atom. The predicted octanol–water partition coefficient (Wildman–Crippen LogP) is 14.2. The van der Waals surface area contributed by atoms with Gasteiger partial charge in [-0.3, -0.25) is 0 Å². The van der Waals surface area contributed by atoms with Gasteiger partial charge in [-0.2, -0.15) is 0 Å². The standard InChI is InChI=1S/C55H34N4/c1-4-16-35(17-5-1)36-28-31-40(32-29-36)59-48-33-30-37-18-10-11-23-41(37)50(48)51-49-44-26-14-12-24-42(44)47(34-46(49)43-25-13-15-27-45(43)52(51)59)55-57-53(38-19-6-2-7-20-38)56-54(58-55)39-21-8-3-9-22-39/h1-34H. The van der Waals surface area contributed by atoms with Gasteiger partial charge in [0.2, 0.25) is 0 Å². The highest BCUT2D eigenvalue weighted by molar-refractivity contribution is 6.40. The summed E-state index contributed by atoms with van der Waals surface area (Å²) in [6, 6.07) is 73.4. The summed E-state index contributed by atoms with van der Waals surface area (Å²) in [5.41, 5.74) is 8.76. The SMILES string of the molecule is c1ccc(-c2ccc(-n3c4ccc5ccccc5c4c4c5c6ccccc6c(-c6nc(-c7ccccc7)nc(-c7ccccc7)n6)cc5c5ccccc5c43)cc2)cc1. The minimum Gasteiger partial charge on any atom is -0.309 e. The van der Waals surface area contributed by atoms with E-state index in [0.29, 0.717) is 17.5 Å². The summed E-state index contributed by atoms with van der Waals surface area (Å²) in [7, 11) is 0. The summed E-state index contributed by atoms with van der Waals surface area (Å²) in [6.07, 6.45) is 0. The van der Waals surface area contributed by atoms with Crippen molar-refractivity contribution < 1.29 is 0 Å². The van der Waals surface area contributed by atoms with E-state index in [-0.39, 0.29) is 0 Å². The predicted molar refractivity (Wildman–Crippen MR) is 246 cm³/mol. The van der Waals surface area contributed by atoms with Gasteiger partial charge >= 0.3 is 0 Å². The van der Waals surface area contributed by atoms with Gasteiger partial charge in [-0.15, -0.1) is 0 Å². The molecular weight excluding hydrogens is 717 g/mol. The lowest BCUT2D eigenvalue weighted by atomic mass is 9.89. The molecule has 4 nitrogen and oxygen atoms in total. The highest BCUT2D eigenvalue weighted by atomic mass is 15.0. The Hall–Kier alpha value is -7.95. The molecule has 59 heavy (non-hydrogen) atoms. The number of aromatic nitrogens is 4. The van der Waals surface area contributed by atoms with Gasteiger partial charge in [-0.1, -0.05) is 182 Å². The van der Waals surface area contributed by atoms with Gasteiger partial charge in [0.25, 0.3) is 0 Å². The summed E-state index contributed by atoms with van der Waals surface area (Å²) in [6.45, 7) is 0. The van der Waals surface area contributed by atoms with Crippen LogP contribution >= 0.6 is 0 Å². The number of hydrogen-bond donors (Lipinski definition) is 0. The molecule has 0 radical (unpaired) electrons. The van der Waals surface area contributed by atoms with Crippen LogP contribution in [0.25, 0.3) is 116 Å². The molecule has 0 unspecified atom stereocenters. The van der Waals surface area contributed by atoms with E-state index < -0.39 is 0 Å². The van der Waals surface area contributed by atoms with E-state index in [2.05, 4.69) is 174 Å². The minimum atomic E-state index is 0.645. The molecule has 2 aromatic heterocycles. The van der Waals surface area contributed by atoms with E-state index in [1.54, 1.807) is 0 Å². The van der Waals surface area contributed by atoms with Crippen molar-refractivity contribution in [2.75, 3.05) is 0 Å². The van der Waals surface area contributed by atoms with Gasteiger partial charge < -0.3 is 4.57 Å². The molecule has 4 heteroatoms. The molecule has 10 aromatic carbocycles. The molecule has 0 aliphatic heterocycles. The molecule has 0 fully saturated rings. The Labute approximate surface area is 340 Å². The van der Waals surface area contributed by atoms with Crippen LogP contribution in [0.5, 0.6) is 0 Å². The van der Waals surface area contributed by atoms with Crippen LogP contribution in [-0.4, -0.2) is 19.5 Å². The van der Waals surface area contributed by atoms with Crippen molar-refractivity contribution in [1.29, 1.82) is 0 Å². The first-order chi connectivity index (χ1) is 29.3. The number of hydrogen-bond acceptors (Lipinski definition) is 3. The Kier molecular flexibility index (Phi) is 7.50. The van der Waals surface area contributed by atoms with Crippen molar-refractivity contribution in [2.45, 2.75) is 0 Å². The van der Waals surface area contributed by atoms with Crippen molar-refractivity contribution in [3.63, 3.8) is 0 Å². The topological polar surface area (TPSA) is 43.6 Å². The van der Waals surface area contributed by atoms with Crippen molar-refractivity contribution in [3.05, 3.63) is 206 Å². The number of nitrogens with zero attached hydrogens (tertiary/aromatic N) is 4. The van der Waals surface area contributed by atoms with Crippen molar-refractivity contribution in [2.24, 2.45) is 0 Å². The second-order valence-electron chi connectivity index (χ2n) is 15.1. The van der Waals surface area contributed by atoms with E-state index in [4.69, 9.17) is 15.0 Å². The van der Waals surface area contributed by atoms with Crippen LogP contribution in [-0.2, 0) is 0 Å². The van der Waals surface area contributed by atoms with E-state index in [9.17, 15) is 0 Å². The normalized spacial score (nSPS) is 11.7. The number of fused-ring (bicyclic) bond motifs is 12. The van der Waals surface area contributed by atoms with Crippen LogP contribution in [0.4, 0.5) is 0 Å². The molecule has 2 heterocycles. The van der Waals surface area contributed by atoms with Crippen molar-refractivity contribution in [3.8, 4) is 51.0 Å². The zero-order valence-electron chi connectivity index (χ0n) is 31.9. The Morgan fingerprint density at radius 1 is 0.305 bits per heavy atom. The van der Waals surface area contributed by atoms with E-state index in [1.165, 1.54) is 59.9 Å². The van der Waals surface area contributed by atoms with Gasteiger partial charge in [0, 0.05) is 43.9 Å². The summed E-state index contributed by atoms with van der Waals surface area (Å²) >= 11 is 0. The first-order valence-corrected chi connectivity index (χ1v) is 20.0. The highest BCUT2D eigenvalue weighted by Gasteiger charge is 2.24. The molecule has 0 amide bonds. The maximum absolute atomic E-state index is 5.24. The van der Waals surface area contributed by atoms with Gasteiger partial charge in [0.1, 0.15) is 0 Å². The molecule has 0 aliphatic rings. The average Bonchev–Trinajstić information content (AvgIpc) is 3.68. The van der Waals surface area contributed by atoms with Crippen LogP contribution < -0.4 is 0 Å². The lowest BCUT2D eigenvalue weighted by Gasteiger charge is -2.16. The molecule has 274 valence electrons. The molecule has 0 bridgehead atoms. The van der Waals surface area contributed by atoms with Crippen LogP contribution in [0.15, 0.2) is 206 Å². The van der Waals surface area contributed by atoms with Crippen LogP contribution in [0.2, 0.25) is 0 Å².